The van der Waals surface area contributed by atoms with Crippen molar-refractivity contribution in [2.75, 3.05) is 18.4 Å². The Balaban J connectivity index is 2.05. The number of aryl methyl sites for hydroxylation is 1. The normalized spacial score (nSPS) is 18.7. The molecule has 0 radical (unpaired) electrons. The lowest BCUT2D eigenvalue weighted by Gasteiger charge is -2.34. The van der Waals surface area contributed by atoms with Crippen molar-refractivity contribution in [1.82, 2.24) is 10.3 Å². The van der Waals surface area contributed by atoms with Gasteiger partial charge in [0.15, 0.2) is 0 Å². The van der Waals surface area contributed by atoms with E-state index in [1.54, 1.807) is 6.20 Å². The van der Waals surface area contributed by atoms with Crippen molar-refractivity contribution < 1.29 is 0 Å². The molecule has 2 rings (SSSR count). The van der Waals surface area contributed by atoms with Gasteiger partial charge in [0.05, 0.1) is 11.9 Å². The van der Waals surface area contributed by atoms with Crippen LogP contribution in [0.4, 0.5) is 5.69 Å². The highest BCUT2D eigenvalue weighted by molar-refractivity contribution is 5.97. The summed E-state index contributed by atoms with van der Waals surface area (Å²) in [4.78, 5) is 4.13. The first kappa shape index (κ1) is 12.0. The predicted molar refractivity (Wildman–Crippen MR) is 70.5 cm³/mol. The Kier molecular flexibility index (Phi) is 3.43. The molecule has 1 aliphatic heterocycles. The van der Waals surface area contributed by atoms with E-state index < -0.39 is 0 Å². The number of aromatic nitrogens is 1. The molecule has 0 atom stereocenters. The Bertz CT molecular complexity index is 408. The Hall–Kier alpha value is -1.42. The minimum atomic E-state index is -0.0327. The fourth-order valence-electron chi connectivity index (χ4n) is 2.15. The van der Waals surface area contributed by atoms with Gasteiger partial charge in [-0.2, -0.15) is 0 Å². The number of nitrogens with one attached hydrogen (secondary N) is 3. The highest BCUT2D eigenvalue weighted by Crippen LogP contribution is 2.29. The van der Waals surface area contributed by atoms with Gasteiger partial charge in [-0.3, -0.25) is 10.4 Å². The van der Waals surface area contributed by atoms with Crippen LogP contribution < -0.4 is 10.6 Å². The van der Waals surface area contributed by atoms with Crippen LogP contribution in [0.1, 0.15) is 25.3 Å². The fourth-order valence-corrected chi connectivity index (χ4v) is 2.15. The van der Waals surface area contributed by atoms with Crippen molar-refractivity contribution in [2.24, 2.45) is 5.41 Å². The van der Waals surface area contributed by atoms with Gasteiger partial charge in [-0.05, 0) is 44.5 Å². The average molecular weight is 232 g/mol. The summed E-state index contributed by atoms with van der Waals surface area (Å²) in [5.41, 5.74) is 1.99. The summed E-state index contributed by atoms with van der Waals surface area (Å²) in [7, 11) is 0. The molecule has 4 nitrogen and oxygen atoms in total. The highest BCUT2D eigenvalue weighted by atomic mass is 15.0. The molecule has 2 heterocycles. The standard InChI is InChI=1S/C13H20N4/c1-10-7-11(9-16-8-10)17-12(14)13(2)3-5-15-6-4-13/h7-9,15H,3-6H2,1-2H3,(H2,14,17). The lowest BCUT2D eigenvalue weighted by atomic mass is 9.79. The van der Waals surface area contributed by atoms with E-state index in [-0.39, 0.29) is 5.41 Å². The third-order valence-corrected chi connectivity index (χ3v) is 3.45. The van der Waals surface area contributed by atoms with Gasteiger partial charge < -0.3 is 10.6 Å². The van der Waals surface area contributed by atoms with Crippen LogP contribution in [0.5, 0.6) is 0 Å². The SMILES string of the molecule is Cc1cncc(NC(=N)C2(C)CCNCC2)c1. The van der Waals surface area contributed by atoms with Crippen LogP contribution in [0.2, 0.25) is 0 Å². The van der Waals surface area contributed by atoms with Gasteiger partial charge in [-0.1, -0.05) is 6.92 Å². The molecular formula is C13H20N4. The number of piperidine rings is 1. The van der Waals surface area contributed by atoms with Crippen molar-refractivity contribution in [3.05, 3.63) is 24.0 Å². The van der Waals surface area contributed by atoms with Gasteiger partial charge in [0.25, 0.3) is 0 Å². The van der Waals surface area contributed by atoms with Crippen LogP contribution >= 0.6 is 0 Å². The molecule has 17 heavy (non-hydrogen) atoms. The monoisotopic (exact) mass is 232 g/mol. The van der Waals surface area contributed by atoms with Gasteiger partial charge in [-0.25, -0.2) is 0 Å². The lowest BCUT2D eigenvalue weighted by Crippen LogP contribution is -2.42. The summed E-state index contributed by atoms with van der Waals surface area (Å²) in [5.74, 6) is 0.603. The maximum atomic E-state index is 8.22. The van der Waals surface area contributed by atoms with E-state index in [9.17, 15) is 0 Å². The molecule has 0 amide bonds. The first-order valence-corrected chi connectivity index (χ1v) is 6.09. The van der Waals surface area contributed by atoms with E-state index in [4.69, 9.17) is 5.41 Å². The predicted octanol–water partition coefficient (Wildman–Crippen LogP) is 2.17. The second-order valence-electron chi connectivity index (χ2n) is 5.06. The molecule has 0 aromatic carbocycles. The summed E-state index contributed by atoms with van der Waals surface area (Å²) in [6.07, 6.45) is 5.61. The Morgan fingerprint density at radius 2 is 2.12 bits per heavy atom. The first-order chi connectivity index (χ1) is 8.10. The number of hydrogen-bond donors (Lipinski definition) is 3. The van der Waals surface area contributed by atoms with E-state index in [1.165, 1.54) is 0 Å². The fraction of sp³-hybridized carbons (Fsp3) is 0.538. The number of hydrogen-bond acceptors (Lipinski definition) is 3. The number of nitrogens with zero attached hydrogens (tertiary/aromatic N) is 1. The molecule has 4 heteroatoms. The summed E-state index contributed by atoms with van der Waals surface area (Å²) in [5, 5.41) is 14.7. The van der Waals surface area contributed by atoms with Crippen LogP contribution in [-0.2, 0) is 0 Å². The molecule has 0 unspecified atom stereocenters. The lowest BCUT2D eigenvalue weighted by molar-refractivity contribution is 0.326. The summed E-state index contributed by atoms with van der Waals surface area (Å²) in [6.45, 7) is 6.15. The number of anilines is 1. The zero-order valence-corrected chi connectivity index (χ0v) is 10.5. The van der Waals surface area contributed by atoms with Crippen LogP contribution in [0.3, 0.4) is 0 Å². The number of pyridine rings is 1. The van der Waals surface area contributed by atoms with Crippen LogP contribution in [0.15, 0.2) is 18.5 Å². The number of amidine groups is 1. The summed E-state index contributed by atoms with van der Waals surface area (Å²) in [6, 6.07) is 2.02. The smallest absolute Gasteiger partial charge is 0.104 e. The summed E-state index contributed by atoms with van der Waals surface area (Å²) < 4.78 is 0. The largest absolute Gasteiger partial charge is 0.343 e. The zero-order valence-electron chi connectivity index (χ0n) is 10.5. The Labute approximate surface area is 102 Å². The molecule has 3 N–H and O–H groups in total. The molecule has 1 saturated heterocycles. The van der Waals surface area contributed by atoms with Crippen LogP contribution in [0, 0.1) is 17.7 Å². The van der Waals surface area contributed by atoms with E-state index in [0.29, 0.717) is 5.84 Å². The van der Waals surface area contributed by atoms with Gasteiger partial charge >= 0.3 is 0 Å². The third-order valence-electron chi connectivity index (χ3n) is 3.45. The highest BCUT2D eigenvalue weighted by Gasteiger charge is 2.31. The molecule has 1 fully saturated rings. The van der Waals surface area contributed by atoms with Gasteiger partial charge in [0.1, 0.15) is 5.84 Å². The van der Waals surface area contributed by atoms with E-state index in [2.05, 4.69) is 22.5 Å². The molecule has 1 aliphatic rings. The number of rotatable bonds is 2. The van der Waals surface area contributed by atoms with Crippen LogP contribution in [0.25, 0.3) is 0 Å². The molecule has 92 valence electrons. The second kappa shape index (κ2) is 4.84. The molecule has 1 aromatic rings. The maximum Gasteiger partial charge on any atom is 0.104 e. The van der Waals surface area contributed by atoms with E-state index in [1.807, 2.05) is 19.2 Å². The molecule has 0 bridgehead atoms. The molecule has 0 aliphatic carbocycles. The van der Waals surface area contributed by atoms with Gasteiger partial charge in [0.2, 0.25) is 0 Å². The van der Waals surface area contributed by atoms with E-state index in [0.717, 1.165) is 37.2 Å². The van der Waals surface area contributed by atoms with Gasteiger partial charge in [-0.15, -0.1) is 0 Å². The van der Waals surface area contributed by atoms with Crippen molar-refractivity contribution >= 4 is 11.5 Å². The molecular weight excluding hydrogens is 212 g/mol. The minimum absolute atomic E-state index is 0.0327. The third kappa shape index (κ3) is 2.82. The van der Waals surface area contributed by atoms with Crippen molar-refractivity contribution in [3.8, 4) is 0 Å². The molecule has 0 saturated carbocycles. The van der Waals surface area contributed by atoms with Crippen LogP contribution in [-0.4, -0.2) is 23.9 Å². The summed E-state index contributed by atoms with van der Waals surface area (Å²) >= 11 is 0. The molecule has 1 aromatic heterocycles. The Morgan fingerprint density at radius 3 is 2.76 bits per heavy atom. The van der Waals surface area contributed by atoms with Crippen molar-refractivity contribution in [1.29, 1.82) is 5.41 Å². The second-order valence-corrected chi connectivity index (χ2v) is 5.06. The average Bonchev–Trinajstić information content (AvgIpc) is 2.30. The molecule has 0 spiro atoms. The van der Waals surface area contributed by atoms with Crippen molar-refractivity contribution in [2.45, 2.75) is 26.7 Å². The Morgan fingerprint density at radius 1 is 1.41 bits per heavy atom. The topological polar surface area (TPSA) is 60.8 Å². The first-order valence-electron chi connectivity index (χ1n) is 6.09. The minimum Gasteiger partial charge on any atom is -0.343 e. The van der Waals surface area contributed by atoms with Gasteiger partial charge in [0, 0.05) is 11.6 Å². The zero-order chi connectivity index (χ0) is 12.3. The quantitative estimate of drug-likeness (QED) is 0.541. The maximum absolute atomic E-state index is 8.22. The van der Waals surface area contributed by atoms with Crippen molar-refractivity contribution in [3.63, 3.8) is 0 Å². The van der Waals surface area contributed by atoms with E-state index >= 15 is 0 Å².